The Hall–Kier alpha value is -3.26. The number of carbonyl (C=O) groups is 2. The summed E-state index contributed by atoms with van der Waals surface area (Å²) in [7, 11) is -9.74. The van der Waals surface area contributed by atoms with E-state index in [9.17, 15) is 33.8 Å². The smallest absolute Gasteiger partial charge is 0.462 e. The van der Waals surface area contributed by atoms with Crippen LogP contribution in [-0.4, -0.2) is 81.6 Å². The van der Waals surface area contributed by atoms with Gasteiger partial charge in [0.2, 0.25) is 0 Å². The lowest BCUT2D eigenvalue weighted by Crippen LogP contribution is -2.29. The molecule has 352 valence electrons. The number of rotatable bonds is 39. The fourth-order valence-corrected chi connectivity index (χ4v) is 6.09. The standard InChI is InChI=1S/C46H74O14P2/c1-3-5-7-8-9-10-11-12-13-16-19-22-25-28-32-36-45(49)56-40-44(41-59-62(54,55)58-39-43(48)38-57-61(51,52)53)60-46(50)37-33-29-26-23-20-17-14-15-18-21-24-27-31-35-42(47)34-30-6-4-2/h6,9-10,12-13,15,17-20,22,24,26-27,29-31,35,42-44,47-48H,3-5,7-8,11,14,16,21,23,25,28,32-34,36-41H2,1-2H3,(H,54,55)(H2,51,52,53)/b10-9-,13-12-,18-15-,20-17-,22-19-,27-24+,29-26-,30-6-,35-31+/t42?,43-,44+/m0/s1. The molecule has 16 heteroatoms. The zero-order chi connectivity index (χ0) is 46.0. The fraction of sp³-hybridized carbons (Fsp3) is 0.565. The first-order valence-electron chi connectivity index (χ1n) is 21.7. The van der Waals surface area contributed by atoms with Crippen LogP contribution < -0.4 is 0 Å². The first-order chi connectivity index (χ1) is 29.8. The molecule has 0 bridgehead atoms. The highest BCUT2D eigenvalue weighted by atomic mass is 31.2. The van der Waals surface area contributed by atoms with Crippen molar-refractivity contribution in [2.45, 2.75) is 141 Å². The Kier molecular flexibility index (Phi) is 38.4. The highest BCUT2D eigenvalue weighted by Crippen LogP contribution is 2.43. The topological polar surface area (TPSA) is 216 Å². The van der Waals surface area contributed by atoms with Crippen LogP contribution in [0.15, 0.2) is 109 Å². The van der Waals surface area contributed by atoms with Crippen LogP contribution in [0.1, 0.15) is 123 Å². The minimum atomic E-state index is -4.89. The molecule has 0 amide bonds. The van der Waals surface area contributed by atoms with Crippen LogP contribution in [0.2, 0.25) is 0 Å². The molecule has 0 aliphatic heterocycles. The molecule has 0 aromatic carbocycles. The second kappa shape index (κ2) is 40.5. The summed E-state index contributed by atoms with van der Waals surface area (Å²) in [6.07, 6.45) is 45.7. The van der Waals surface area contributed by atoms with Gasteiger partial charge in [-0.15, -0.1) is 0 Å². The third kappa shape index (κ3) is 43.4. The van der Waals surface area contributed by atoms with Crippen LogP contribution in [0.4, 0.5) is 0 Å². The average Bonchev–Trinajstić information content (AvgIpc) is 3.23. The molecule has 0 aliphatic rings. The van der Waals surface area contributed by atoms with E-state index in [0.717, 1.165) is 51.4 Å². The van der Waals surface area contributed by atoms with Crippen molar-refractivity contribution in [3.8, 4) is 0 Å². The van der Waals surface area contributed by atoms with Crippen molar-refractivity contribution in [2.24, 2.45) is 0 Å². The predicted molar refractivity (Wildman–Crippen MR) is 245 cm³/mol. The van der Waals surface area contributed by atoms with Gasteiger partial charge in [-0.3, -0.25) is 23.2 Å². The lowest BCUT2D eigenvalue weighted by Gasteiger charge is -2.20. The predicted octanol–water partition coefficient (Wildman–Crippen LogP) is 10.1. The van der Waals surface area contributed by atoms with E-state index < -0.39 is 72.3 Å². The molecule has 0 spiro atoms. The van der Waals surface area contributed by atoms with E-state index in [1.807, 2.05) is 54.7 Å². The summed E-state index contributed by atoms with van der Waals surface area (Å²) in [5.41, 5.74) is 0. The zero-order valence-corrected chi connectivity index (χ0v) is 38.6. The number of unbranched alkanes of at least 4 members (excludes halogenated alkanes) is 5. The molecule has 0 heterocycles. The van der Waals surface area contributed by atoms with Crippen LogP contribution in [0, 0.1) is 0 Å². The largest absolute Gasteiger partial charge is 0.472 e. The molecule has 0 saturated heterocycles. The molecule has 14 nitrogen and oxygen atoms in total. The molecular weight excluding hydrogens is 838 g/mol. The van der Waals surface area contributed by atoms with Crippen molar-refractivity contribution in [1.29, 1.82) is 0 Å². The first-order valence-corrected chi connectivity index (χ1v) is 24.7. The molecule has 62 heavy (non-hydrogen) atoms. The van der Waals surface area contributed by atoms with Crippen molar-refractivity contribution in [1.82, 2.24) is 0 Å². The lowest BCUT2D eigenvalue weighted by atomic mass is 10.1. The first kappa shape index (κ1) is 58.7. The van der Waals surface area contributed by atoms with E-state index in [1.165, 1.54) is 19.3 Å². The number of carbonyl (C=O) groups excluding carboxylic acids is 2. The summed E-state index contributed by atoms with van der Waals surface area (Å²) in [6.45, 7) is 1.36. The Balaban J connectivity index is 4.77. The van der Waals surface area contributed by atoms with E-state index in [0.29, 0.717) is 25.7 Å². The SMILES string of the molecule is CC/C=C\CC(O)/C=C/C=C/C/C=C\C/C=C\C/C=C\CCC(=O)O[C@H](COC(=O)CCCC/C=C\C/C=C\C/C=C\CCCCC)COP(=O)(O)OC[C@@H](O)COP(=O)(O)O. The van der Waals surface area contributed by atoms with Crippen molar-refractivity contribution < 1.29 is 66.7 Å². The number of phosphoric acid groups is 2. The van der Waals surface area contributed by atoms with Gasteiger partial charge in [-0.1, -0.05) is 136 Å². The van der Waals surface area contributed by atoms with Gasteiger partial charge >= 0.3 is 27.6 Å². The molecule has 0 rings (SSSR count). The minimum absolute atomic E-state index is 0.0243. The molecule has 0 radical (unpaired) electrons. The van der Waals surface area contributed by atoms with E-state index in [4.69, 9.17) is 23.8 Å². The Morgan fingerprint density at radius 3 is 1.66 bits per heavy atom. The molecule has 0 aromatic heterocycles. The van der Waals surface area contributed by atoms with Crippen LogP contribution in [0.25, 0.3) is 0 Å². The summed E-state index contributed by atoms with van der Waals surface area (Å²) < 4.78 is 47.6. The highest BCUT2D eigenvalue weighted by Gasteiger charge is 2.28. The third-order valence-corrected chi connectivity index (χ3v) is 9.67. The summed E-state index contributed by atoms with van der Waals surface area (Å²) >= 11 is 0. The molecule has 0 aliphatic carbocycles. The maximum atomic E-state index is 12.6. The van der Waals surface area contributed by atoms with E-state index in [-0.39, 0.29) is 12.8 Å². The molecule has 4 atom stereocenters. The normalized spacial score (nSPS) is 15.5. The molecule has 5 N–H and O–H groups in total. The van der Waals surface area contributed by atoms with Crippen molar-refractivity contribution in [2.75, 3.05) is 26.4 Å². The van der Waals surface area contributed by atoms with Gasteiger partial charge in [-0.2, -0.15) is 0 Å². The maximum Gasteiger partial charge on any atom is 0.472 e. The second-order valence-corrected chi connectivity index (χ2v) is 16.8. The van der Waals surface area contributed by atoms with E-state index in [1.54, 1.807) is 6.08 Å². The summed E-state index contributed by atoms with van der Waals surface area (Å²) in [6, 6.07) is 0. The van der Waals surface area contributed by atoms with Gasteiger partial charge in [-0.05, 0) is 83.5 Å². The highest BCUT2D eigenvalue weighted by molar-refractivity contribution is 7.47. The van der Waals surface area contributed by atoms with Crippen LogP contribution in [0.5, 0.6) is 0 Å². The van der Waals surface area contributed by atoms with Crippen molar-refractivity contribution in [3.05, 3.63) is 109 Å². The third-order valence-electron chi connectivity index (χ3n) is 8.23. The van der Waals surface area contributed by atoms with Gasteiger partial charge in [-0.25, -0.2) is 9.13 Å². The Bertz CT molecular complexity index is 1520. The van der Waals surface area contributed by atoms with E-state index in [2.05, 4.69) is 71.5 Å². The van der Waals surface area contributed by atoms with Gasteiger partial charge in [0, 0.05) is 12.8 Å². The fourth-order valence-electron chi connectivity index (χ4n) is 4.93. The van der Waals surface area contributed by atoms with Crippen LogP contribution in [-0.2, 0) is 41.8 Å². The van der Waals surface area contributed by atoms with Gasteiger partial charge < -0.3 is 34.4 Å². The van der Waals surface area contributed by atoms with Gasteiger partial charge in [0.25, 0.3) is 0 Å². The Labute approximate surface area is 370 Å². The summed E-state index contributed by atoms with van der Waals surface area (Å²) in [4.78, 5) is 52.6. The number of ether oxygens (including phenoxy) is 2. The summed E-state index contributed by atoms with van der Waals surface area (Å²) in [5, 5.41) is 19.6. The van der Waals surface area contributed by atoms with Crippen LogP contribution >= 0.6 is 15.6 Å². The van der Waals surface area contributed by atoms with Crippen molar-refractivity contribution >= 4 is 27.6 Å². The lowest BCUT2D eigenvalue weighted by molar-refractivity contribution is -0.161. The number of aliphatic hydroxyl groups is 2. The van der Waals surface area contributed by atoms with Gasteiger partial charge in [0.1, 0.15) is 12.7 Å². The van der Waals surface area contributed by atoms with Crippen LogP contribution in [0.3, 0.4) is 0 Å². The molecule has 0 fully saturated rings. The number of hydrogen-bond donors (Lipinski definition) is 5. The number of aliphatic hydroxyl groups excluding tert-OH is 2. The Morgan fingerprint density at radius 2 is 1.08 bits per heavy atom. The minimum Gasteiger partial charge on any atom is -0.462 e. The average molecular weight is 913 g/mol. The Morgan fingerprint density at radius 1 is 0.548 bits per heavy atom. The summed E-state index contributed by atoms with van der Waals surface area (Å²) in [5.74, 6) is -1.21. The number of allylic oxidation sites excluding steroid dienone is 16. The second-order valence-electron chi connectivity index (χ2n) is 14.1. The number of hydrogen-bond acceptors (Lipinski definition) is 11. The number of esters is 2. The molecule has 0 saturated carbocycles. The monoisotopic (exact) mass is 912 g/mol. The van der Waals surface area contributed by atoms with Crippen molar-refractivity contribution in [3.63, 3.8) is 0 Å². The quantitative estimate of drug-likeness (QED) is 0.0128. The number of phosphoric ester groups is 2. The molecular formula is C46H74O14P2. The maximum absolute atomic E-state index is 12.6. The van der Waals surface area contributed by atoms with E-state index >= 15 is 0 Å². The zero-order valence-electron chi connectivity index (χ0n) is 36.8. The molecule has 2 unspecified atom stereocenters. The molecule has 0 aromatic rings. The van der Waals surface area contributed by atoms with Gasteiger partial charge in [0.15, 0.2) is 6.10 Å². The van der Waals surface area contributed by atoms with Gasteiger partial charge in [0.05, 0.1) is 25.9 Å².